The fourth-order valence-corrected chi connectivity index (χ4v) is 4.33. The fourth-order valence-electron chi connectivity index (χ4n) is 4.33. The van der Waals surface area contributed by atoms with E-state index in [-0.39, 0.29) is 29.2 Å². The van der Waals surface area contributed by atoms with Crippen molar-refractivity contribution < 1.29 is 18.0 Å². The summed E-state index contributed by atoms with van der Waals surface area (Å²) in [4.78, 5) is 19.3. The van der Waals surface area contributed by atoms with Gasteiger partial charge in [0.1, 0.15) is 5.69 Å². The van der Waals surface area contributed by atoms with E-state index in [4.69, 9.17) is 0 Å². The van der Waals surface area contributed by atoms with Crippen LogP contribution in [0.25, 0.3) is 5.65 Å². The number of carbonyl (C=O) groups excluding carboxylic acids is 1. The Morgan fingerprint density at radius 3 is 2.60 bits per heavy atom. The SMILES string of the molecule is Cc1ccccc1[C@H]1CCCN1C(=O)c1cc2nc(C3CC3)cc(C(F)(F)F)n2n1. The van der Waals surface area contributed by atoms with Gasteiger partial charge in [0.2, 0.25) is 0 Å². The van der Waals surface area contributed by atoms with E-state index in [0.717, 1.165) is 47.4 Å². The summed E-state index contributed by atoms with van der Waals surface area (Å²) in [5.74, 6) is -0.290. The van der Waals surface area contributed by atoms with Crippen LogP contribution in [0.2, 0.25) is 0 Å². The first-order valence-electron chi connectivity index (χ1n) is 10.2. The van der Waals surface area contributed by atoms with Crippen molar-refractivity contribution in [1.29, 1.82) is 0 Å². The Morgan fingerprint density at radius 2 is 1.90 bits per heavy atom. The third-order valence-electron chi connectivity index (χ3n) is 6.01. The van der Waals surface area contributed by atoms with Crippen molar-refractivity contribution in [3.05, 3.63) is 64.6 Å². The molecule has 5 rings (SSSR count). The molecule has 1 amide bonds. The first kappa shape index (κ1) is 19.1. The number of halogens is 3. The second-order valence-corrected chi connectivity index (χ2v) is 8.15. The summed E-state index contributed by atoms with van der Waals surface area (Å²) in [7, 11) is 0. The van der Waals surface area contributed by atoms with Crippen molar-refractivity contribution in [2.75, 3.05) is 6.54 Å². The van der Waals surface area contributed by atoms with Crippen molar-refractivity contribution in [2.24, 2.45) is 0 Å². The van der Waals surface area contributed by atoms with E-state index in [2.05, 4.69) is 10.1 Å². The number of hydrogen-bond acceptors (Lipinski definition) is 3. The van der Waals surface area contributed by atoms with Gasteiger partial charge in [-0.15, -0.1) is 0 Å². The number of hydrogen-bond donors (Lipinski definition) is 0. The van der Waals surface area contributed by atoms with Gasteiger partial charge in [-0.05, 0) is 49.8 Å². The van der Waals surface area contributed by atoms with Gasteiger partial charge < -0.3 is 4.90 Å². The third-order valence-corrected chi connectivity index (χ3v) is 6.01. The third kappa shape index (κ3) is 3.24. The second-order valence-electron chi connectivity index (χ2n) is 8.15. The number of amides is 1. The van der Waals surface area contributed by atoms with Crippen LogP contribution in [0, 0.1) is 6.92 Å². The number of aryl methyl sites for hydroxylation is 1. The summed E-state index contributed by atoms with van der Waals surface area (Å²) in [5, 5.41) is 4.04. The van der Waals surface area contributed by atoms with Crippen LogP contribution in [0.15, 0.2) is 36.4 Å². The number of likely N-dealkylation sites (tertiary alicyclic amines) is 1. The molecule has 1 atom stereocenters. The number of nitrogens with zero attached hydrogens (tertiary/aromatic N) is 4. The van der Waals surface area contributed by atoms with Crippen LogP contribution in [-0.4, -0.2) is 31.9 Å². The van der Waals surface area contributed by atoms with Crippen LogP contribution < -0.4 is 0 Å². The predicted molar refractivity (Wildman–Crippen MR) is 104 cm³/mol. The molecule has 1 saturated carbocycles. The second kappa shape index (κ2) is 6.82. The highest BCUT2D eigenvalue weighted by Gasteiger charge is 2.38. The van der Waals surface area contributed by atoms with Crippen LogP contribution in [0.1, 0.15) is 70.6 Å². The first-order valence-corrected chi connectivity index (χ1v) is 10.2. The maximum atomic E-state index is 13.6. The molecule has 0 spiro atoms. The largest absolute Gasteiger partial charge is 0.433 e. The van der Waals surface area contributed by atoms with Gasteiger partial charge >= 0.3 is 6.18 Å². The van der Waals surface area contributed by atoms with Gasteiger partial charge in [-0.1, -0.05) is 24.3 Å². The topological polar surface area (TPSA) is 50.5 Å². The van der Waals surface area contributed by atoms with Gasteiger partial charge in [0.25, 0.3) is 5.91 Å². The highest BCUT2D eigenvalue weighted by molar-refractivity contribution is 5.94. The molecule has 0 bridgehead atoms. The van der Waals surface area contributed by atoms with E-state index in [1.54, 1.807) is 4.90 Å². The predicted octanol–water partition coefficient (Wildman–Crippen LogP) is 4.91. The highest BCUT2D eigenvalue weighted by atomic mass is 19.4. The molecular weight excluding hydrogens is 393 g/mol. The van der Waals surface area contributed by atoms with Crippen LogP contribution in [0.3, 0.4) is 0 Å². The molecule has 0 unspecified atom stereocenters. The summed E-state index contributed by atoms with van der Waals surface area (Å²) < 4.78 is 41.7. The Hall–Kier alpha value is -2.90. The molecule has 3 aromatic rings. The molecule has 1 aliphatic heterocycles. The van der Waals surface area contributed by atoms with E-state index in [9.17, 15) is 18.0 Å². The Kier molecular flexibility index (Phi) is 4.34. The molecule has 1 saturated heterocycles. The molecule has 2 aliphatic rings. The van der Waals surface area contributed by atoms with E-state index in [1.807, 2.05) is 31.2 Å². The number of carbonyl (C=O) groups is 1. The average Bonchev–Trinajstić information content (AvgIpc) is 3.28. The van der Waals surface area contributed by atoms with E-state index in [0.29, 0.717) is 12.2 Å². The molecule has 3 heterocycles. The number of rotatable bonds is 3. The van der Waals surface area contributed by atoms with Gasteiger partial charge in [0, 0.05) is 24.2 Å². The number of alkyl halides is 3. The highest BCUT2D eigenvalue weighted by Crippen LogP contribution is 2.41. The lowest BCUT2D eigenvalue weighted by atomic mass is 9.99. The quantitative estimate of drug-likeness (QED) is 0.612. The lowest BCUT2D eigenvalue weighted by Gasteiger charge is -2.25. The molecule has 0 N–H and O–H groups in total. The minimum atomic E-state index is -4.57. The summed E-state index contributed by atoms with van der Waals surface area (Å²) in [6.07, 6.45) is -1.23. The molecule has 5 nitrogen and oxygen atoms in total. The van der Waals surface area contributed by atoms with Crippen LogP contribution in [-0.2, 0) is 6.18 Å². The number of benzene rings is 1. The Morgan fingerprint density at radius 1 is 1.13 bits per heavy atom. The van der Waals surface area contributed by atoms with Gasteiger partial charge in [-0.2, -0.15) is 18.3 Å². The summed E-state index contributed by atoms with van der Waals surface area (Å²) in [6, 6.07) is 10.2. The minimum Gasteiger partial charge on any atom is -0.330 e. The van der Waals surface area contributed by atoms with Crippen molar-refractivity contribution in [3.8, 4) is 0 Å². The van der Waals surface area contributed by atoms with Crippen LogP contribution in [0.4, 0.5) is 13.2 Å². The van der Waals surface area contributed by atoms with Crippen LogP contribution in [0.5, 0.6) is 0 Å². The zero-order valence-corrected chi connectivity index (χ0v) is 16.5. The fraction of sp³-hybridized carbons (Fsp3) is 0.409. The van der Waals surface area contributed by atoms with E-state index >= 15 is 0 Å². The lowest BCUT2D eigenvalue weighted by Crippen LogP contribution is -2.31. The molecular formula is C22H21F3N4O. The zero-order valence-electron chi connectivity index (χ0n) is 16.5. The summed E-state index contributed by atoms with van der Waals surface area (Å²) in [5.41, 5.74) is 1.77. The van der Waals surface area contributed by atoms with Crippen molar-refractivity contribution in [1.82, 2.24) is 19.5 Å². The number of fused-ring (bicyclic) bond motifs is 1. The molecule has 156 valence electrons. The van der Waals surface area contributed by atoms with Crippen molar-refractivity contribution >= 4 is 11.6 Å². The Labute approximate surface area is 171 Å². The van der Waals surface area contributed by atoms with Gasteiger partial charge in [-0.25, -0.2) is 9.50 Å². The standard InChI is InChI=1S/C22H21F3N4O/c1-13-5-2-3-6-15(13)18-7-4-10-28(18)21(30)17-12-20-26-16(14-8-9-14)11-19(22(23,24)25)29(20)27-17/h2-3,5-6,11-12,14,18H,4,7-10H2,1H3/t18-/m1/s1. The first-order chi connectivity index (χ1) is 14.3. The summed E-state index contributed by atoms with van der Waals surface area (Å²) in [6.45, 7) is 2.55. The average molecular weight is 414 g/mol. The smallest absolute Gasteiger partial charge is 0.330 e. The maximum Gasteiger partial charge on any atom is 0.433 e. The molecule has 2 aromatic heterocycles. The van der Waals surface area contributed by atoms with E-state index < -0.39 is 11.9 Å². The Bertz CT molecular complexity index is 1130. The van der Waals surface area contributed by atoms with Gasteiger partial charge in [-0.3, -0.25) is 4.79 Å². The number of aromatic nitrogens is 3. The van der Waals surface area contributed by atoms with Gasteiger partial charge in [0.05, 0.1) is 6.04 Å². The van der Waals surface area contributed by atoms with Crippen LogP contribution >= 0.6 is 0 Å². The van der Waals surface area contributed by atoms with Crippen molar-refractivity contribution in [3.63, 3.8) is 0 Å². The van der Waals surface area contributed by atoms with Gasteiger partial charge in [0.15, 0.2) is 11.3 Å². The minimum absolute atomic E-state index is 0.00133. The molecule has 30 heavy (non-hydrogen) atoms. The maximum absolute atomic E-state index is 13.6. The zero-order chi connectivity index (χ0) is 21.0. The Balaban J connectivity index is 1.54. The summed E-state index contributed by atoms with van der Waals surface area (Å²) >= 11 is 0. The lowest BCUT2D eigenvalue weighted by molar-refractivity contribution is -0.142. The monoisotopic (exact) mass is 414 g/mol. The molecule has 8 heteroatoms. The molecule has 2 fully saturated rings. The normalized spacial score (nSPS) is 19.6. The van der Waals surface area contributed by atoms with Crippen molar-refractivity contribution in [2.45, 2.75) is 50.7 Å². The molecule has 1 aromatic carbocycles. The molecule has 0 radical (unpaired) electrons. The van der Waals surface area contributed by atoms with E-state index in [1.165, 1.54) is 6.07 Å². The molecule has 1 aliphatic carbocycles.